The number of anilines is 2. The highest BCUT2D eigenvalue weighted by atomic mass is 19.1. The average Bonchev–Trinajstić information content (AvgIpc) is 3.29. The molecule has 2 aromatic carbocycles. The highest BCUT2D eigenvalue weighted by molar-refractivity contribution is 5.99. The molecule has 0 aliphatic carbocycles. The number of nitrogens with one attached hydrogen (secondary N) is 2. The summed E-state index contributed by atoms with van der Waals surface area (Å²) in [5, 5.41) is 9.82. The standard InChI is InChI=1S/C28H33F3N6O2/c1-5-37-25(16-24(34-37)28(2,3)4)33-27(39)32-23-9-6-18(14-22(23)31)17-35-10-12-36(13-11-35)26(38)20-8-7-19(29)15-21(20)30/h6-9,14-16H,5,10-13,17H2,1-4H3,(H2,32,33,39). The van der Waals surface area contributed by atoms with Crippen molar-refractivity contribution in [2.24, 2.45) is 0 Å². The summed E-state index contributed by atoms with van der Waals surface area (Å²) in [4.78, 5) is 28.8. The minimum Gasteiger partial charge on any atom is -0.336 e. The van der Waals surface area contributed by atoms with Gasteiger partial charge in [-0.3, -0.25) is 15.0 Å². The van der Waals surface area contributed by atoms with Crippen LogP contribution in [0.4, 0.5) is 29.5 Å². The Balaban J connectivity index is 1.31. The SMILES string of the molecule is CCn1nc(C(C)(C)C)cc1NC(=O)Nc1ccc(CN2CCN(C(=O)c3ccc(F)cc3F)CC2)cc1F. The Morgan fingerprint density at radius 3 is 2.26 bits per heavy atom. The van der Waals surface area contributed by atoms with Crippen molar-refractivity contribution in [3.8, 4) is 0 Å². The first-order valence-corrected chi connectivity index (χ1v) is 12.9. The van der Waals surface area contributed by atoms with Gasteiger partial charge in [0.2, 0.25) is 0 Å². The van der Waals surface area contributed by atoms with Crippen LogP contribution in [0.5, 0.6) is 0 Å². The van der Waals surface area contributed by atoms with Gasteiger partial charge in [-0.1, -0.05) is 26.8 Å². The van der Waals surface area contributed by atoms with Gasteiger partial charge in [-0.2, -0.15) is 5.10 Å². The Bertz CT molecular complexity index is 1360. The van der Waals surface area contributed by atoms with E-state index in [1.165, 1.54) is 17.0 Å². The van der Waals surface area contributed by atoms with Gasteiger partial charge < -0.3 is 10.2 Å². The number of rotatable bonds is 6. The molecule has 3 amide bonds. The van der Waals surface area contributed by atoms with E-state index >= 15 is 0 Å². The van der Waals surface area contributed by atoms with Gasteiger partial charge in [-0.25, -0.2) is 22.6 Å². The van der Waals surface area contributed by atoms with Crippen LogP contribution in [0.15, 0.2) is 42.5 Å². The Labute approximate surface area is 225 Å². The van der Waals surface area contributed by atoms with Crippen molar-refractivity contribution in [3.63, 3.8) is 0 Å². The number of hydrogen-bond donors (Lipinski definition) is 2. The normalized spacial score (nSPS) is 14.4. The fraction of sp³-hybridized carbons (Fsp3) is 0.393. The number of piperazine rings is 1. The second kappa shape index (κ2) is 11.5. The first-order chi connectivity index (χ1) is 18.4. The maximum absolute atomic E-state index is 14.8. The second-order valence-electron chi connectivity index (χ2n) is 10.6. The quantitative estimate of drug-likeness (QED) is 0.448. The lowest BCUT2D eigenvalue weighted by molar-refractivity contribution is 0.0623. The summed E-state index contributed by atoms with van der Waals surface area (Å²) in [7, 11) is 0. The maximum Gasteiger partial charge on any atom is 0.324 e. The molecule has 0 saturated carbocycles. The van der Waals surface area contributed by atoms with Crippen LogP contribution < -0.4 is 10.6 Å². The molecule has 0 bridgehead atoms. The van der Waals surface area contributed by atoms with Crippen molar-refractivity contribution < 1.29 is 22.8 Å². The predicted octanol–water partition coefficient (Wildman–Crippen LogP) is 5.22. The molecule has 1 aliphatic heterocycles. The summed E-state index contributed by atoms with van der Waals surface area (Å²) in [6.45, 7) is 10.8. The monoisotopic (exact) mass is 542 g/mol. The molecule has 1 aromatic heterocycles. The number of amides is 3. The van der Waals surface area contributed by atoms with Gasteiger partial charge in [0.25, 0.3) is 5.91 Å². The first-order valence-electron chi connectivity index (χ1n) is 12.9. The second-order valence-corrected chi connectivity index (χ2v) is 10.6. The number of aryl methyl sites for hydroxylation is 1. The zero-order chi connectivity index (χ0) is 28.3. The zero-order valence-electron chi connectivity index (χ0n) is 22.5. The number of nitrogens with zero attached hydrogens (tertiary/aromatic N) is 4. The molecule has 0 unspecified atom stereocenters. The van der Waals surface area contributed by atoms with Crippen molar-refractivity contribution in [2.75, 3.05) is 36.8 Å². The van der Waals surface area contributed by atoms with Gasteiger partial charge in [0, 0.05) is 56.8 Å². The van der Waals surface area contributed by atoms with Crippen molar-refractivity contribution >= 4 is 23.4 Å². The number of urea groups is 1. The van der Waals surface area contributed by atoms with E-state index in [0.717, 1.165) is 17.8 Å². The fourth-order valence-electron chi connectivity index (χ4n) is 4.35. The molecule has 39 heavy (non-hydrogen) atoms. The molecular formula is C28H33F3N6O2. The van der Waals surface area contributed by atoms with E-state index < -0.39 is 29.4 Å². The lowest BCUT2D eigenvalue weighted by Gasteiger charge is -2.34. The third-order valence-corrected chi connectivity index (χ3v) is 6.60. The topological polar surface area (TPSA) is 82.5 Å². The van der Waals surface area contributed by atoms with Gasteiger partial charge >= 0.3 is 6.03 Å². The van der Waals surface area contributed by atoms with Crippen LogP contribution in [-0.2, 0) is 18.5 Å². The highest BCUT2D eigenvalue weighted by Gasteiger charge is 2.25. The molecule has 1 saturated heterocycles. The van der Waals surface area contributed by atoms with Crippen LogP contribution in [-0.4, -0.2) is 57.7 Å². The van der Waals surface area contributed by atoms with Crippen molar-refractivity contribution in [3.05, 3.63) is 76.7 Å². The molecule has 0 radical (unpaired) electrons. The lowest BCUT2D eigenvalue weighted by atomic mass is 9.92. The van der Waals surface area contributed by atoms with Crippen LogP contribution in [0.25, 0.3) is 0 Å². The molecule has 2 heterocycles. The molecular weight excluding hydrogens is 509 g/mol. The first kappa shape index (κ1) is 28.2. The minimum atomic E-state index is -0.883. The lowest BCUT2D eigenvalue weighted by Crippen LogP contribution is -2.48. The summed E-state index contributed by atoms with van der Waals surface area (Å²) < 4.78 is 43.7. The molecule has 2 N–H and O–H groups in total. The number of carbonyl (C=O) groups is 2. The molecule has 3 aromatic rings. The van der Waals surface area contributed by atoms with Gasteiger partial charge in [0.15, 0.2) is 0 Å². The molecule has 208 valence electrons. The summed E-state index contributed by atoms with van der Waals surface area (Å²) in [6, 6.07) is 8.77. The predicted molar refractivity (Wildman–Crippen MR) is 143 cm³/mol. The minimum absolute atomic E-state index is 0.0478. The highest BCUT2D eigenvalue weighted by Crippen LogP contribution is 2.25. The smallest absolute Gasteiger partial charge is 0.324 e. The van der Waals surface area contributed by atoms with Crippen LogP contribution in [0.2, 0.25) is 0 Å². The Morgan fingerprint density at radius 2 is 1.64 bits per heavy atom. The molecule has 1 fully saturated rings. The Hall–Kier alpha value is -3.86. The van der Waals surface area contributed by atoms with E-state index in [-0.39, 0.29) is 16.7 Å². The number of halogens is 3. The van der Waals surface area contributed by atoms with Gasteiger partial charge in [-0.15, -0.1) is 0 Å². The number of carbonyl (C=O) groups excluding carboxylic acids is 2. The van der Waals surface area contributed by atoms with Crippen molar-refractivity contribution in [2.45, 2.75) is 46.2 Å². The summed E-state index contributed by atoms with van der Waals surface area (Å²) in [6.07, 6.45) is 0. The number of aromatic nitrogens is 2. The number of hydrogen-bond acceptors (Lipinski definition) is 4. The third-order valence-electron chi connectivity index (χ3n) is 6.60. The van der Waals surface area contributed by atoms with Crippen LogP contribution in [0.3, 0.4) is 0 Å². The van der Waals surface area contributed by atoms with E-state index in [2.05, 4.69) is 20.6 Å². The summed E-state index contributed by atoms with van der Waals surface area (Å²) >= 11 is 0. The van der Waals surface area contributed by atoms with Crippen LogP contribution >= 0.6 is 0 Å². The fourth-order valence-corrected chi connectivity index (χ4v) is 4.35. The van der Waals surface area contributed by atoms with E-state index in [9.17, 15) is 22.8 Å². The van der Waals surface area contributed by atoms with E-state index in [1.807, 2.05) is 33.8 Å². The molecule has 0 atom stereocenters. The summed E-state index contributed by atoms with van der Waals surface area (Å²) in [5.41, 5.74) is 1.25. The molecule has 11 heteroatoms. The molecule has 4 rings (SSSR count). The van der Waals surface area contributed by atoms with Gasteiger partial charge in [-0.05, 0) is 36.8 Å². The summed E-state index contributed by atoms with van der Waals surface area (Å²) in [5.74, 6) is -2.14. The largest absolute Gasteiger partial charge is 0.336 e. The average molecular weight is 543 g/mol. The van der Waals surface area contributed by atoms with E-state index in [1.54, 1.807) is 10.7 Å². The van der Waals surface area contributed by atoms with E-state index in [0.29, 0.717) is 56.7 Å². The maximum atomic E-state index is 14.8. The third kappa shape index (κ3) is 6.78. The van der Waals surface area contributed by atoms with Crippen molar-refractivity contribution in [1.82, 2.24) is 19.6 Å². The molecule has 1 aliphatic rings. The van der Waals surface area contributed by atoms with Crippen LogP contribution in [0.1, 0.15) is 49.3 Å². The van der Waals surface area contributed by atoms with Crippen molar-refractivity contribution in [1.29, 1.82) is 0 Å². The Morgan fingerprint density at radius 1 is 0.923 bits per heavy atom. The molecule has 0 spiro atoms. The Kier molecular flexibility index (Phi) is 8.29. The zero-order valence-corrected chi connectivity index (χ0v) is 22.5. The van der Waals surface area contributed by atoms with E-state index in [4.69, 9.17) is 0 Å². The van der Waals surface area contributed by atoms with Gasteiger partial charge in [0.05, 0.1) is 16.9 Å². The molecule has 8 nitrogen and oxygen atoms in total. The van der Waals surface area contributed by atoms with Gasteiger partial charge in [0.1, 0.15) is 23.3 Å². The number of benzene rings is 2. The van der Waals surface area contributed by atoms with Crippen LogP contribution in [0, 0.1) is 17.5 Å².